The predicted octanol–water partition coefficient (Wildman–Crippen LogP) is 11.3. The third kappa shape index (κ3) is 39.6. The molecule has 0 aliphatic heterocycles. The molecule has 0 bridgehead atoms. The topological polar surface area (TPSA) is 149 Å². The second-order valence-corrected chi connectivity index (χ2v) is 15.4. The molecule has 0 aliphatic rings. The van der Waals surface area contributed by atoms with Gasteiger partial charge in [-0.15, -0.1) is 0 Å². The first-order valence-corrected chi connectivity index (χ1v) is 22.9. The lowest BCUT2D eigenvalue weighted by Crippen LogP contribution is -2.29. The minimum Gasteiger partial charge on any atom is -0.462 e. The molecule has 0 aliphatic carbocycles. The van der Waals surface area contributed by atoms with E-state index in [0.29, 0.717) is 12.8 Å². The molecule has 0 amide bonds. The van der Waals surface area contributed by atoms with Gasteiger partial charge in [0.1, 0.15) is 12.7 Å². The zero-order chi connectivity index (χ0) is 41.2. The highest BCUT2D eigenvalue weighted by molar-refractivity contribution is 7.47. The van der Waals surface area contributed by atoms with Crippen LogP contribution in [0, 0.1) is 0 Å². The van der Waals surface area contributed by atoms with Crippen LogP contribution in [0.2, 0.25) is 0 Å². The highest BCUT2D eigenvalue weighted by Gasteiger charge is 2.27. The number of allylic oxidation sites excluding steroid dienone is 12. The second kappa shape index (κ2) is 40.6. The number of carbonyl (C=O) groups excluding carboxylic acids is 2. The van der Waals surface area contributed by atoms with Crippen LogP contribution in [0.4, 0.5) is 0 Å². The maximum atomic E-state index is 12.5. The Morgan fingerprint density at radius 2 is 1.02 bits per heavy atom. The van der Waals surface area contributed by atoms with Crippen molar-refractivity contribution in [3.63, 3.8) is 0 Å². The molecule has 322 valence electrons. The fraction of sp³-hybridized carbons (Fsp3) is 0.689. The van der Waals surface area contributed by atoms with Crippen molar-refractivity contribution in [3.8, 4) is 0 Å². The van der Waals surface area contributed by atoms with Crippen molar-refractivity contribution >= 4 is 19.8 Å². The standard InChI is InChI=1S/C45H77O10P/c1-3-5-7-9-11-13-15-17-18-19-20-21-22-23-25-26-28-30-32-34-36-44(48)52-40-43(41-54-56(50,51)53-39-42(47)38-46)55-45(49)37-35-33-31-29-27-24-16-14-12-10-8-6-4-2/h5,7,11,13,17-18,20-21,24,27,31,33,42-43,46-47H,3-4,6,8-10,12,14-16,19,22-23,25-26,28-30,32,34-41H2,1-2H3,(H,50,51)/b7-5+,13-11+,18-17+,21-20+,27-24+,33-31+/t42-,43?/m1/s1. The van der Waals surface area contributed by atoms with Crippen LogP contribution in [0.5, 0.6) is 0 Å². The van der Waals surface area contributed by atoms with Crippen LogP contribution in [-0.2, 0) is 32.7 Å². The van der Waals surface area contributed by atoms with Gasteiger partial charge in [0.2, 0.25) is 0 Å². The summed E-state index contributed by atoms with van der Waals surface area (Å²) in [7, 11) is -4.64. The van der Waals surface area contributed by atoms with Crippen molar-refractivity contribution in [2.24, 2.45) is 0 Å². The molecule has 3 N–H and O–H groups in total. The van der Waals surface area contributed by atoms with Gasteiger partial charge in [-0.05, 0) is 70.6 Å². The molecule has 0 saturated heterocycles. The Hall–Kier alpha value is -2.59. The molecule has 0 radical (unpaired) electrons. The number of unbranched alkanes of at least 4 members (excludes halogenated alkanes) is 13. The van der Waals surface area contributed by atoms with Crippen LogP contribution in [0.25, 0.3) is 0 Å². The number of rotatable bonds is 39. The lowest BCUT2D eigenvalue weighted by atomic mass is 10.1. The predicted molar refractivity (Wildman–Crippen MR) is 228 cm³/mol. The highest BCUT2D eigenvalue weighted by Crippen LogP contribution is 2.43. The van der Waals surface area contributed by atoms with Crippen LogP contribution < -0.4 is 0 Å². The molecule has 3 atom stereocenters. The summed E-state index contributed by atoms with van der Waals surface area (Å²) < 4.78 is 32.6. The first kappa shape index (κ1) is 53.4. The second-order valence-electron chi connectivity index (χ2n) is 14.0. The summed E-state index contributed by atoms with van der Waals surface area (Å²) in [5, 5.41) is 18.3. The lowest BCUT2D eigenvalue weighted by molar-refractivity contribution is -0.161. The van der Waals surface area contributed by atoms with E-state index in [0.717, 1.165) is 70.6 Å². The van der Waals surface area contributed by atoms with Crippen molar-refractivity contribution in [2.45, 2.75) is 174 Å². The van der Waals surface area contributed by atoms with E-state index in [-0.39, 0.29) is 19.4 Å². The Kier molecular flexibility index (Phi) is 38.7. The van der Waals surface area contributed by atoms with Crippen LogP contribution in [-0.4, -0.2) is 65.7 Å². The minimum atomic E-state index is -4.64. The van der Waals surface area contributed by atoms with E-state index in [4.69, 9.17) is 19.1 Å². The van der Waals surface area contributed by atoms with Gasteiger partial charge in [-0.25, -0.2) is 4.57 Å². The SMILES string of the molecule is CC/C=C/C/C=C/C/C=C/C/C=C/CCCCCCCCCC(=O)OCC(COP(=O)(O)OC[C@H](O)CO)OC(=O)CC/C=C/C/C=C/CCCCCCCC. The largest absolute Gasteiger partial charge is 0.472 e. The van der Waals surface area contributed by atoms with Crippen LogP contribution in [0.3, 0.4) is 0 Å². The van der Waals surface area contributed by atoms with Crippen molar-refractivity contribution in [3.05, 3.63) is 72.9 Å². The third-order valence-corrected chi connectivity index (χ3v) is 9.56. The first-order valence-electron chi connectivity index (χ1n) is 21.4. The summed E-state index contributed by atoms with van der Waals surface area (Å²) in [5.74, 6) is -1.02. The quantitative estimate of drug-likeness (QED) is 0.0237. The molecule has 11 heteroatoms. The number of esters is 2. The fourth-order valence-electron chi connectivity index (χ4n) is 5.33. The Balaban J connectivity index is 4.36. The van der Waals surface area contributed by atoms with Crippen molar-refractivity contribution in [1.29, 1.82) is 0 Å². The molecule has 0 fully saturated rings. The van der Waals surface area contributed by atoms with Gasteiger partial charge in [-0.3, -0.25) is 18.6 Å². The smallest absolute Gasteiger partial charge is 0.462 e. The number of aliphatic hydroxyl groups is 2. The van der Waals surface area contributed by atoms with E-state index < -0.39 is 51.8 Å². The van der Waals surface area contributed by atoms with Crippen molar-refractivity contribution in [1.82, 2.24) is 0 Å². The molecule has 10 nitrogen and oxygen atoms in total. The summed E-state index contributed by atoms with van der Waals surface area (Å²) in [6.45, 7) is 2.16. The fourth-order valence-corrected chi connectivity index (χ4v) is 6.12. The molecule has 0 aromatic carbocycles. The molecule has 0 saturated carbocycles. The Bertz CT molecular complexity index is 1160. The molecule has 56 heavy (non-hydrogen) atoms. The molecule has 0 spiro atoms. The summed E-state index contributed by atoms with van der Waals surface area (Å²) in [6, 6.07) is 0. The van der Waals surface area contributed by atoms with Gasteiger partial charge in [0.25, 0.3) is 0 Å². The molecular formula is C45H77O10P. The average molecular weight is 809 g/mol. The van der Waals surface area contributed by atoms with E-state index in [1.807, 2.05) is 12.2 Å². The summed E-state index contributed by atoms with van der Waals surface area (Å²) in [6.07, 6.45) is 46.0. The van der Waals surface area contributed by atoms with E-state index in [2.05, 4.69) is 79.1 Å². The Morgan fingerprint density at radius 3 is 1.55 bits per heavy atom. The van der Waals surface area contributed by atoms with Crippen LogP contribution in [0.15, 0.2) is 72.9 Å². The maximum absolute atomic E-state index is 12.5. The van der Waals surface area contributed by atoms with Crippen molar-refractivity contribution < 1.29 is 47.8 Å². The van der Waals surface area contributed by atoms with E-state index in [1.54, 1.807) is 0 Å². The summed E-state index contributed by atoms with van der Waals surface area (Å²) >= 11 is 0. The van der Waals surface area contributed by atoms with Gasteiger partial charge in [-0.1, -0.05) is 151 Å². The summed E-state index contributed by atoms with van der Waals surface area (Å²) in [4.78, 5) is 34.9. The summed E-state index contributed by atoms with van der Waals surface area (Å²) in [5.41, 5.74) is 0. The number of carbonyl (C=O) groups is 2. The Morgan fingerprint density at radius 1 is 0.554 bits per heavy atom. The van der Waals surface area contributed by atoms with Gasteiger partial charge in [0, 0.05) is 12.8 Å². The monoisotopic (exact) mass is 809 g/mol. The maximum Gasteiger partial charge on any atom is 0.472 e. The number of aliphatic hydroxyl groups excluding tert-OH is 2. The number of phosphoric ester groups is 1. The number of ether oxygens (including phenoxy) is 2. The first-order chi connectivity index (χ1) is 27.2. The normalized spacial score (nSPS) is 14.6. The van der Waals surface area contributed by atoms with Crippen LogP contribution >= 0.6 is 7.82 Å². The van der Waals surface area contributed by atoms with Gasteiger partial charge in [0.05, 0.1) is 19.8 Å². The van der Waals surface area contributed by atoms with Crippen LogP contribution in [0.1, 0.15) is 162 Å². The minimum absolute atomic E-state index is 0.0723. The van der Waals surface area contributed by atoms with Crippen molar-refractivity contribution in [2.75, 3.05) is 26.4 Å². The van der Waals surface area contributed by atoms with E-state index in [1.165, 1.54) is 51.4 Å². The zero-order valence-corrected chi connectivity index (χ0v) is 35.7. The van der Waals surface area contributed by atoms with Gasteiger partial charge in [0.15, 0.2) is 6.10 Å². The molecule has 0 aromatic heterocycles. The van der Waals surface area contributed by atoms with Gasteiger partial charge in [-0.2, -0.15) is 0 Å². The third-order valence-electron chi connectivity index (χ3n) is 8.61. The van der Waals surface area contributed by atoms with Gasteiger partial charge >= 0.3 is 19.8 Å². The van der Waals surface area contributed by atoms with E-state index >= 15 is 0 Å². The highest BCUT2D eigenvalue weighted by atomic mass is 31.2. The van der Waals surface area contributed by atoms with E-state index in [9.17, 15) is 24.2 Å². The molecular weight excluding hydrogens is 731 g/mol. The number of phosphoric acid groups is 1. The molecule has 0 aromatic rings. The van der Waals surface area contributed by atoms with Gasteiger partial charge < -0.3 is 24.6 Å². The average Bonchev–Trinajstić information content (AvgIpc) is 3.19. The lowest BCUT2D eigenvalue weighted by Gasteiger charge is -2.20. The number of hydrogen-bond acceptors (Lipinski definition) is 9. The molecule has 0 rings (SSSR count). The zero-order valence-electron chi connectivity index (χ0n) is 34.8. The molecule has 2 unspecified atom stereocenters. The number of hydrogen-bond donors (Lipinski definition) is 3. The Labute approximate surface area is 339 Å². The molecule has 0 heterocycles.